The first-order valence-corrected chi connectivity index (χ1v) is 13.5. The van der Waals surface area contributed by atoms with E-state index in [1.165, 1.54) is 0 Å². The Morgan fingerprint density at radius 2 is 1.90 bits per heavy atom. The van der Waals surface area contributed by atoms with Crippen LogP contribution in [0.15, 0.2) is 60.7 Å². The van der Waals surface area contributed by atoms with Crippen molar-refractivity contribution in [2.75, 3.05) is 26.4 Å². The van der Waals surface area contributed by atoms with Crippen LogP contribution >= 0.6 is 0 Å². The highest BCUT2D eigenvalue weighted by molar-refractivity contribution is 5.81. The molecule has 0 saturated carbocycles. The van der Waals surface area contributed by atoms with Crippen LogP contribution in [0, 0.1) is 29.6 Å². The molecule has 0 aromatic heterocycles. The average Bonchev–Trinajstić information content (AvgIpc) is 2.97. The van der Waals surface area contributed by atoms with Crippen molar-refractivity contribution < 1.29 is 19.4 Å². The summed E-state index contributed by atoms with van der Waals surface area (Å²) >= 11 is 0. The van der Waals surface area contributed by atoms with Gasteiger partial charge in [-0.2, -0.15) is 10.5 Å². The standard InChI is InChI=1S/C33H33N3O4/c1-24-19-32(40-17-7-3-6-15-34)28(22-36-16-18-39-23-31(36)33(37)38)20-27(24)14-13-26-11-8-12-29(30(26)21-35)25-9-4-2-5-10-25/h2,4-5,8-14,19-20,31H,3,6-7,16-18,22-23H2,1H3,(H,37,38)/b14-13+. The van der Waals surface area contributed by atoms with E-state index in [4.69, 9.17) is 14.7 Å². The van der Waals surface area contributed by atoms with Crippen LogP contribution in [-0.4, -0.2) is 48.4 Å². The Labute approximate surface area is 235 Å². The molecule has 1 N–H and O–H groups in total. The first kappa shape index (κ1) is 28.6. The van der Waals surface area contributed by atoms with Crippen molar-refractivity contribution in [3.63, 3.8) is 0 Å². The van der Waals surface area contributed by atoms with Gasteiger partial charge in [0.05, 0.1) is 31.5 Å². The van der Waals surface area contributed by atoms with Gasteiger partial charge in [0.15, 0.2) is 0 Å². The molecule has 7 heteroatoms. The fourth-order valence-electron chi connectivity index (χ4n) is 4.82. The van der Waals surface area contributed by atoms with Crippen LogP contribution in [0.5, 0.6) is 5.75 Å². The van der Waals surface area contributed by atoms with Gasteiger partial charge in [-0.15, -0.1) is 0 Å². The average molecular weight is 536 g/mol. The smallest absolute Gasteiger partial charge is 0.323 e. The first-order valence-electron chi connectivity index (χ1n) is 13.5. The van der Waals surface area contributed by atoms with E-state index in [0.717, 1.165) is 46.2 Å². The molecule has 0 amide bonds. The van der Waals surface area contributed by atoms with Crippen LogP contribution in [0.2, 0.25) is 0 Å². The summed E-state index contributed by atoms with van der Waals surface area (Å²) in [6, 6.07) is 23.5. The quantitative estimate of drug-likeness (QED) is 0.235. The molecule has 1 aliphatic rings. The Morgan fingerprint density at radius 3 is 2.65 bits per heavy atom. The van der Waals surface area contributed by atoms with E-state index in [1.807, 2.05) is 84.6 Å². The zero-order valence-corrected chi connectivity index (χ0v) is 22.7. The Bertz CT molecular complexity index is 1440. The Morgan fingerprint density at radius 1 is 1.10 bits per heavy atom. The molecule has 204 valence electrons. The lowest BCUT2D eigenvalue weighted by Crippen LogP contribution is -2.49. The Kier molecular flexibility index (Phi) is 10.1. The zero-order chi connectivity index (χ0) is 28.3. The molecular weight excluding hydrogens is 502 g/mol. The van der Waals surface area contributed by atoms with E-state index in [9.17, 15) is 15.2 Å². The number of carboxylic acids is 1. The van der Waals surface area contributed by atoms with E-state index in [0.29, 0.717) is 44.0 Å². The molecular formula is C33H33N3O4. The number of rotatable bonds is 11. The summed E-state index contributed by atoms with van der Waals surface area (Å²) in [6.07, 6.45) is 5.96. The third kappa shape index (κ3) is 7.15. The molecule has 1 saturated heterocycles. The van der Waals surface area contributed by atoms with Gasteiger partial charge in [-0.25, -0.2) is 0 Å². The van der Waals surface area contributed by atoms with E-state index in [2.05, 4.69) is 12.1 Å². The number of hydrogen-bond acceptors (Lipinski definition) is 6. The molecule has 0 spiro atoms. The van der Waals surface area contributed by atoms with E-state index < -0.39 is 12.0 Å². The molecule has 0 aliphatic carbocycles. The number of ether oxygens (including phenoxy) is 2. The minimum Gasteiger partial charge on any atom is -0.493 e. The third-order valence-electron chi connectivity index (χ3n) is 7.02. The van der Waals surface area contributed by atoms with Crippen molar-refractivity contribution in [2.24, 2.45) is 0 Å². The second kappa shape index (κ2) is 14.1. The second-order valence-corrected chi connectivity index (χ2v) is 9.76. The van der Waals surface area contributed by atoms with Crippen LogP contribution in [-0.2, 0) is 16.1 Å². The van der Waals surface area contributed by atoms with Crippen LogP contribution in [0.3, 0.4) is 0 Å². The van der Waals surface area contributed by atoms with Crippen LogP contribution in [0.1, 0.15) is 47.1 Å². The van der Waals surface area contributed by atoms with Crippen LogP contribution in [0.25, 0.3) is 23.3 Å². The number of benzene rings is 3. The molecule has 3 aromatic rings. The molecule has 4 rings (SSSR count). The van der Waals surface area contributed by atoms with Gasteiger partial charge in [-0.05, 0) is 54.2 Å². The summed E-state index contributed by atoms with van der Waals surface area (Å²) in [4.78, 5) is 13.8. The molecule has 1 heterocycles. The summed E-state index contributed by atoms with van der Waals surface area (Å²) in [6.45, 7) is 4.02. The first-order chi connectivity index (χ1) is 19.5. The lowest BCUT2D eigenvalue weighted by atomic mass is 9.95. The summed E-state index contributed by atoms with van der Waals surface area (Å²) < 4.78 is 11.6. The van der Waals surface area contributed by atoms with E-state index in [1.54, 1.807) is 0 Å². The number of hydrogen-bond donors (Lipinski definition) is 1. The number of unbranched alkanes of at least 4 members (excludes halogenated alkanes) is 2. The zero-order valence-electron chi connectivity index (χ0n) is 22.7. The molecule has 1 fully saturated rings. The predicted molar refractivity (Wildman–Crippen MR) is 154 cm³/mol. The number of aryl methyl sites for hydroxylation is 1. The molecule has 1 aliphatic heterocycles. The maximum Gasteiger partial charge on any atom is 0.323 e. The highest BCUT2D eigenvalue weighted by Crippen LogP contribution is 2.30. The molecule has 1 atom stereocenters. The topological polar surface area (TPSA) is 107 Å². The fourth-order valence-corrected chi connectivity index (χ4v) is 4.82. The number of carboxylic acid groups (broad SMARTS) is 1. The number of carbonyl (C=O) groups is 1. The maximum atomic E-state index is 11.9. The summed E-state index contributed by atoms with van der Waals surface area (Å²) in [5.74, 6) is -0.195. The number of morpholine rings is 1. The van der Waals surface area contributed by atoms with Gasteiger partial charge < -0.3 is 14.6 Å². The lowest BCUT2D eigenvalue weighted by molar-refractivity contribution is -0.150. The second-order valence-electron chi connectivity index (χ2n) is 9.76. The van der Waals surface area contributed by atoms with Crippen LogP contribution < -0.4 is 4.74 Å². The highest BCUT2D eigenvalue weighted by atomic mass is 16.5. The van der Waals surface area contributed by atoms with Crippen LogP contribution in [0.4, 0.5) is 0 Å². The highest BCUT2D eigenvalue weighted by Gasteiger charge is 2.30. The largest absolute Gasteiger partial charge is 0.493 e. The Hall–Kier alpha value is -4.43. The van der Waals surface area contributed by atoms with Gasteiger partial charge in [0, 0.05) is 30.6 Å². The van der Waals surface area contributed by atoms with Crippen molar-refractivity contribution >= 4 is 18.1 Å². The number of nitriles is 2. The molecule has 0 bridgehead atoms. The summed E-state index contributed by atoms with van der Waals surface area (Å²) in [5.41, 5.74) is 6.15. The maximum absolute atomic E-state index is 11.9. The minimum atomic E-state index is -0.909. The third-order valence-corrected chi connectivity index (χ3v) is 7.02. The van der Waals surface area contributed by atoms with Crippen molar-refractivity contribution in [3.8, 4) is 29.0 Å². The SMILES string of the molecule is Cc1cc(OCCCCC#N)c(CN2CCOCC2C(=O)O)cc1/C=C/c1cccc(-c2ccccc2)c1C#N. The fraction of sp³-hybridized carbons (Fsp3) is 0.303. The van der Waals surface area contributed by atoms with Crippen molar-refractivity contribution in [2.45, 2.75) is 38.8 Å². The molecule has 3 aromatic carbocycles. The van der Waals surface area contributed by atoms with E-state index in [-0.39, 0.29) is 6.61 Å². The van der Waals surface area contributed by atoms with Gasteiger partial charge in [0.25, 0.3) is 0 Å². The summed E-state index contributed by atoms with van der Waals surface area (Å²) in [7, 11) is 0. The molecule has 40 heavy (non-hydrogen) atoms. The minimum absolute atomic E-state index is 0.146. The number of nitrogens with zero attached hydrogens (tertiary/aromatic N) is 3. The van der Waals surface area contributed by atoms with Gasteiger partial charge in [-0.1, -0.05) is 60.7 Å². The monoisotopic (exact) mass is 535 g/mol. The lowest BCUT2D eigenvalue weighted by Gasteiger charge is -2.33. The molecule has 1 unspecified atom stereocenters. The Balaban J connectivity index is 1.65. The van der Waals surface area contributed by atoms with E-state index >= 15 is 0 Å². The van der Waals surface area contributed by atoms with Crippen molar-refractivity contribution in [1.29, 1.82) is 10.5 Å². The normalized spacial score (nSPS) is 15.4. The molecule has 7 nitrogen and oxygen atoms in total. The van der Waals surface area contributed by atoms with Crippen molar-refractivity contribution in [1.82, 2.24) is 4.90 Å². The summed E-state index contributed by atoms with van der Waals surface area (Å²) in [5, 5.41) is 28.5. The number of aliphatic carboxylic acids is 1. The van der Waals surface area contributed by atoms with Gasteiger partial charge in [0.2, 0.25) is 0 Å². The van der Waals surface area contributed by atoms with Gasteiger partial charge in [0.1, 0.15) is 17.9 Å². The van der Waals surface area contributed by atoms with Gasteiger partial charge >= 0.3 is 5.97 Å². The predicted octanol–water partition coefficient (Wildman–Crippen LogP) is 6.06. The van der Waals surface area contributed by atoms with Crippen molar-refractivity contribution in [3.05, 3.63) is 88.5 Å². The van der Waals surface area contributed by atoms with Gasteiger partial charge in [-0.3, -0.25) is 9.69 Å². The molecule has 0 radical (unpaired) electrons.